The summed E-state index contributed by atoms with van der Waals surface area (Å²) in [4.78, 5) is 33.9. The highest BCUT2D eigenvalue weighted by Gasteiger charge is 2.40. The summed E-state index contributed by atoms with van der Waals surface area (Å²) in [5, 5.41) is 0. The van der Waals surface area contributed by atoms with Crippen LogP contribution in [0.25, 0.3) is 16.7 Å². The molecule has 2 heterocycles. The van der Waals surface area contributed by atoms with Gasteiger partial charge in [0.05, 0.1) is 20.3 Å². The van der Waals surface area contributed by atoms with Gasteiger partial charge in [0, 0.05) is 11.1 Å². The lowest BCUT2D eigenvalue weighted by atomic mass is 9.67. The zero-order valence-corrected chi connectivity index (χ0v) is 31.0. The monoisotopic (exact) mass is 698 g/mol. The highest BCUT2D eigenvalue weighted by molar-refractivity contribution is 8.29. The summed E-state index contributed by atoms with van der Waals surface area (Å²) < 4.78 is 2.55. The maximum Gasteiger partial charge on any atom is 0.174 e. The average Bonchev–Trinajstić information content (AvgIpc) is 3.63. The van der Waals surface area contributed by atoms with Crippen molar-refractivity contribution in [3.63, 3.8) is 0 Å². The Labute approximate surface area is 299 Å². The number of carbonyl (C=O) groups excluding carboxylic acids is 2. The molecule has 48 heavy (non-hydrogen) atoms. The molecular formula is C42H34O2S4. The predicted octanol–water partition coefficient (Wildman–Crippen LogP) is 12.5. The van der Waals surface area contributed by atoms with Crippen LogP contribution in [0.3, 0.4) is 0 Å². The third-order valence-electron chi connectivity index (χ3n) is 10.0. The SMILES string of the molecule is CC1=C(C)SC(=C(C)C2=CC3C(=O)c4ccccc4C(C4=C5C=CC=CC5C(=O)c5cc(C(C)=C6SC(C)=C(C)S6)ccc54)=C3C=C2)S1. The molecule has 0 aromatic heterocycles. The molecule has 0 spiro atoms. The van der Waals surface area contributed by atoms with Crippen LogP contribution in [0.1, 0.15) is 78.9 Å². The minimum Gasteiger partial charge on any atom is -0.293 e. The zero-order chi connectivity index (χ0) is 33.4. The molecule has 2 atom stereocenters. The van der Waals surface area contributed by atoms with Crippen molar-refractivity contribution < 1.29 is 9.59 Å². The Morgan fingerprint density at radius 3 is 1.81 bits per heavy atom. The van der Waals surface area contributed by atoms with E-state index in [0.29, 0.717) is 0 Å². The number of ketones is 2. The van der Waals surface area contributed by atoms with Crippen LogP contribution in [0.15, 0.2) is 135 Å². The first-order valence-corrected chi connectivity index (χ1v) is 19.4. The summed E-state index contributed by atoms with van der Waals surface area (Å²) in [6.07, 6.45) is 14.7. The standard InChI is InChI=1S/C42H34O2S4/c1-21(41-45-23(3)24(4)46-41)27-15-17-31-35(19-27)39(43)33-13-9-7-11-29(33)37(31)38-30-12-8-10-14-34(30)40(44)36-20-28(16-18-32(36)38)22(2)42-47-25(5)26(6)48-42/h7-20,33,36H,1-6H3. The van der Waals surface area contributed by atoms with Gasteiger partial charge >= 0.3 is 0 Å². The molecule has 2 nitrogen and oxygen atoms in total. The fraction of sp³-hybridized carbons (Fsp3) is 0.190. The van der Waals surface area contributed by atoms with Crippen molar-refractivity contribution in [2.24, 2.45) is 11.8 Å². The molecule has 0 bridgehead atoms. The lowest BCUT2D eigenvalue weighted by Crippen LogP contribution is -2.28. The fourth-order valence-corrected chi connectivity index (χ4v) is 12.2. The molecule has 6 heteroatoms. The number of Topliss-reactive ketones (excluding diaryl/α,β-unsaturated/α-hetero) is 2. The lowest BCUT2D eigenvalue weighted by Gasteiger charge is -2.35. The summed E-state index contributed by atoms with van der Waals surface area (Å²) in [6, 6.07) is 14.4. The Hall–Kier alpha value is -3.42. The van der Waals surface area contributed by atoms with Crippen LogP contribution in [0.2, 0.25) is 0 Å². The van der Waals surface area contributed by atoms with Crippen molar-refractivity contribution in [2.45, 2.75) is 41.5 Å². The zero-order valence-electron chi connectivity index (χ0n) is 27.7. The van der Waals surface area contributed by atoms with Gasteiger partial charge in [-0.05, 0) is 123 Å². The summed E-state index contributed by atoms with van der Waals surface area (Å²) in [5.41, 5.74) is 12.0. The molecule has 2 aromatic carbocycles. The van der Waals surface area contributed by atoms with Crippen LogP contribution >= 0.6 is 47.0 Å². The van der Waals surface area contributed by atoms with Crippen molar-refractivity contribution in [1.82, 2.24) is 0 Å². The molecule has 4 aliphatic carbocycles. The molecule has 0 radical (unpaired) electrons. The number of carbonyl (C=O) groups is 2. The van der Waals surface area contributed by atoms with E-state index in [9.17, 15) is 9.59 Å². The largest absolute Gasteiger partial charge is 0.293 e. The molecule has 0 N–H and O–H groups in total. The second-order valence-electron chi connectivity index (χ2n) is 12.8. The Balaban J connectivity index is 1.32. The Kier molecular flexibility index (Phi) is 8.07. The molecule has 0 saturated carbocycles. The number of thioether (sulfide) groups is 4. The van der Waals surface area contributed by atoms with Gasteiger partial charge in [-0.3, -0.25) is 9.59 Å². The molecule has 238 valence electrons. The minimum atomic E-state index is -0.408. The number of rotatable bonds is 3. The van der Waals surface area contributed by atoms with Crippen LogP contribution in [0.4, 0.5) is 0 Å². The quantitative estimate of drug-likeness (QED) is 0.317. The van der Waals surface area contributed by atoms with Gasteiger partial charge in [-0.1, -0.05) is 126 Å². The molecular weight excluding hydrogens is 665 g/mol. The number of hydrogen-bond acceptors (Lipinski definition) is 6. The molecule has 6 aliphatic rings. The highest BCUT2D eigenvalue weighted by atomic mass is 32.2. The van der Waals surface area contributed by atoms with Crippen molar-refractivity contribution in [2.75, 3.05) is 0 Å². The van der Waals surface area contributed by atoms with Crippen LogP contribution < -0.4 is 0 Å². The highest BCUT2D eigenvalue weighted by Crippen LogP contribution is 2.55. The predicted molar refractivity (Wildman–Crippen MR) is 210 cm³/mol. The fourth-order valence-electron chi connectivity index (χ4n) is 7.07. The molecule has 2 aromatic rings. The van der Waals surface area contributed by atoms with Gasteiger partial charge in [-0.2, -0.15) is 0 Å². The Morgan fingerprint density at radius 1 is 0.583 bits per heavy atom. The topological polar surface area (TPSA) is 34.1 Å². The summed E-state index contributed by atoms with van der Waals surface area (Å²) in [6.45, 7) is 13.0. The molecule has 8 rings (SSSR count). The van der Waals surface area contributed by atoms with Crippen LogP contribution in [-0.4, -0.2) is 11.6 Å². The first-order valence-electron chi connectivity index (χ1n) is 16.2. The molecule has 2 unspecified atom stereocenters. The third kappa shape index (κ3) is 5.06. The van der Waals surface area contributed by atoms with Crippen molar-refractivity contribution >= 4 is 75.3 Å². The first kappa shape index (κ1) is 31.8. The van der Waals surface area contributed by atoms with Gasteiger partial charge in [0.15, 0.2) is 11.6 Å². The van der Waals surface area contributed by atoms with Gasteiger partial charge in [-0.25, -0.2) is 0 Å². The number of allylic oxidation sites excluding steroid dienone is 18. The molecule has 0 amide bonds. The normalized spacial score (nSPS) is 22.8. The average molecular weight is 699 g/mol. The van der Waals surface area contributed by atoms with Crippen molar-refractivity contribution in [1.29, 1.82) is 0 Å². The smallest absolute Gasteiger partial charge is 0.174 e. The minimum absolute atomic E-state index is 0.123. The maximum absolute atomic E-state index is 14.3. The van der Waals surface area contributed by atoms with Gasteiger partial charge in [-0.15, -0.1) is 0 Å². The van der Waals surface area contributed by atoms with Crippen LogP contribution in [0.5, 0.6) is 0 Å². The molecule has 2 aliphatic heterocycles. The third-order valence-corrected chi connectivity index (χ3v) is 15.7. The van der Waals surface area contributed by atoms with E-state index < -0.39 is 5.92 Å². The summed E-state index contributed by atoms with van der Waals surface area (Å²) in [7, 11) is 0. The first-order chi connectivity index (χ1) is 23.1. The van der Waals surface area contributed by atoms with E-state index in [0.717, 1.165) is 55.7 Å². The Bertz CT molecular complexity index is 2190. The van der Waals surface area contributed by atoms with Crippen molar-refractivity contribution in [3.05, 3.63) is 163 Å². The van der Waals surface area contributed by atoms with E-state index in [-0.39, 0.29) is 17.5 Å². The number of benzene rings is 2. The maximum atomic E-state index is 14.3. The van der Waals surface area contributed by atoms with Gasteiger partial charge in [0.2, 0.25) is 0 Å². The Morgan fingerprint density at radius 2 is 1.15 bits per heavy atom. The van der Waals surface area contributed by atoms with Crippen LogP contribution in [-0.2, 0) is 0 Å². The second-order valence-corrected chi connectivity index (χ2v) is 18.2. The van der Waals surface area contributed by atoms with Crippen LogP contribution in [0, 0.1) is 11.8 Å². The summed E-state index contributed by atoms with van der Waals surface area (Å²) >= 11 is 7.28. The van der Waals surface area contributed by atoms with Gasteiger partial charge < -0.3 is 0 Å². The molecule has 0 fully saturated rings. The number of fused-ring (bicyclic) bond motifs is 4. The van der Waals surface area contributed by atoms with E-state index in [1.807, 2.05) is 83.5 Å². The summed E-state index contributed by atoms with van der Waals surface area (Å²) in [5.74, 6) is -0.537. The van der Waals surface area contributed by atoms with E-state index in [2.05, 4.69) is 90.1 Å². The van der Waals surface area contributed by atoms with E-state index in [1.54, 1.807) is 0 Å². The second kappa shape index (κ2) is 12.2. The van der Waals surface area contributed by atoms with Crippen molar-refractivity contribution in [3.8, 4) is 0 Å². The number of hydrogen-bond donors (Lipinski definition) is 0. The lowest BCUT2D eigenvalue weighted by molar-refractivity contribution is 0.0950. The van der Waals surface area contributed by atoms with Gasteiger partial charge in [0.25, 0.3) is 0 Å². The van der Waals surface area contributed by atoms with E-state index in [4.69, 9.17) is 0 Å². The van der Waals surface area contributed by atoms with E-state index >= 15 is 0 Å². The van der Waals surface area contributed by atoms with Gasteiger partial charge in [0.1, 0.15) is 0 Å². The van der Waals surface area contributed by atoms with E-state index in [1.165, 1.54) is 39.2 Å². The molecule has 0 saturated heterocycles.